The number of rotatable bonds is 9. The number of hydrogen-bond acceptors (Lipinski definition) is 5. The van der Waals surface area contributed by atoms with Crippen molar-refractivity contribution in [3.05, 3.63) is 16.8 Å². The number of nitrogens with zero attached hydrogens (tertiary/aromatic N) is 2. The molecule has 0 amide bonds. The van der Waals surface area contributed by atoms with E-state index in [1.54, 1.807) is 0 Å². The van der Waals surface area contributed by atoms with Gasteiger partial charge in [-0.2, -0.15) is 5.10 Å². The average Bonchev–Trinajstić information content (AvgIpc) is 2.45. The molecular weight excluding hydrogens is 298 g/mol. The molecule has 0 radical (unpaired) electrons. The zero-order valence-corrected chi connectivity index (χ0v) is 13.0. The highest BCUT2D eigenvalue weighted by Crippen LogP contribution is 2.20. The topological polar surface area (TPSA) is 73.1 Å². The summed E-state index contributed by atoms with van der Waals surface area (Å²) in [4.78, 5) is 0.243. The van der Waals surface area contributed by atoms with Gasteiger partial charge in [0.2, 0.25) is 0 Å². The van der Waals surface area contributed by atoms with Gasteiger partial charge in [0.1, 0.15) is 11.6 Å². The molecule has 0 aliphatic rings. The van der Waals surface area contributed by atoms with Crippen LogP contribution >= 0.6 is 12.2 Å². The number of nitrogens with one attached hydrogen (secondary N) is 1. The summed E-state index contributed by atoms with van der Waals surface area (Å²) in [7, 11) is 0. The molecule has 0 aliphatic heterocycles. The van der Waals surface area contributed by atoms with Gasteiger partial charge in [-0.1, -0.05) is 26.1 Å². The molecule has 1 aromatic heterocycles. The van der Waals surface area contributed by atoms with E-state index < -0.39 is 13.0 Å². The molecule has 1 aromatic rings. The van der Waals surface area contributed by atoms with Crippen molar-refractivity contribution in [3.8, 4) is 0 Å². The monoisotopic (exact) mass is 318 g/mol. The highest BCUT2D eigenvalue weighted by Gasteiger charge is 2.16. The maximum absolute atomic E-state index is 11.9. The number of nitrogens with two attached hydrogens (primary N) is 1. The van der Waals surface area contributed by atoms with Crippen molar-refractivity contribution in [3.63, 3.8) is 0 Å². The van der Waals surface area contributed by atoms with Crippen LogP contribution in [0.1, 0.15) is 30.7 Å². The summed E-state index contributed by atoms with van der Waals surface area (Å²) in [6.45, 7) is 3.86. The van der Waals surface area contributed by atoms with Crippen LogP contribution in [-0.4, -0.2) is 41.4 Å². The first-order chi connectivity index (χ1) is 10.0. The molecule has 0 aliphatic carbocycles. The van der Waals surface area contributed by atoms with E-state index in [0.29, 0.717) is 17.9 Å². The van der Waals surface area contributed by atoms with E-state index in [1.807, 2.05) is 13.8 Å². The van der Waals surface area contributed by atoms with Gasteiger partial charge in [-0.3, -0.25) is 0 Å². The van der Waals surface area contributed by atoms with E-state index in [9.17, 15) is 8.78 Å². The van der Waals surface area contributed by atoms with Crippen molar-refractivity contribution in [2.45, 2.75) is 33.1 Å². The average molecular weight is 318 g/mol. The predicted molar refractivity (Wildman–Crippen MR) is 82.0 cm³/mol. The van der Waals surface area contributed by atoms with E-state index >= 15 is 0 Å². The van der Waals surface area contributed by atoms with Crippen molar-refractivity contribution in [2.75, 3.05) is 25.1 Å². The Balaban J connectivity index is 2.80. The summed E-state index contributed by atoms with van der Waals surface area (Å²) in [6, 6.07) is 0. The van der Waals surface area contributed by atoms with E-state index in [2.05, 4.69) is 15.5 Å². The van der Waals surface area contributed by atoms with Crippen LogP contribution in [0.2, 0.25) is 0 Å². The Kier molecular flexibility index (Phi) is 7.38. The third-order valence-electron chi connectivity index (χ3n) is 2.88. The molecule has 1 heterocycles. The van der Waals surface area contributed by atoms with Crippen molar-refractivity contribution >= 4 is 23.0 Å². The van der Waals surface area contributed by atoms with Crippen LogP contribution < -0.4 is 11.1 Å². The summed E-state index contributed by atoms with van der Waals surface area (Å²) >= 11 is 5.09. The maximum Gasteiger partial charge on any atom is 0.261 e. The molecule has 0 saturated heterocycles. The molecule has 0 fully saturated rings. The number of aromatic nitrogens is 2. The summed E-state index contributed by atoms with van der Waals surface area (Å²) in [5, 5.41) is 11.2. The smallest absolute Gasteiger partial charge is 0.261 e. The van der Waals surface area contributed by atoms with Crippen molar-refractivity contribution in [1.82, 2.24) is 10.2 Å². The first kappa shape index (κ1) is 17.6. The Morgan fingerprint density at radius 3 is 2.57 bits per heavy atom. The third kappa shape index (κ3) is 5.13. The molecule has 0 saturated carbocycles. The molecule has 0 spiro atoms. The maximum atomic E-state index is 11.9. The summed E-state index contributed by atoms with van der Waals surface area (Å²) in [6.07, 6.45) is -0.988. The number of hydrogen-bond donors (Lipinski definition) is 2. The quantitative estimate of drug-likeness (QED) is 0.535. The van der Waals surface area contributed by atoms with Crippen LogP contribution in [0.15, 0.2) is 0 Å². The minimum Gasteiger partial charge on any atom is -0.389 e. The fourth-order valence-electron chi connectivity index (χ4n) is 1.98. The van der Waals surface area contributed by atoms with Crippen LogP contribution in [0, 0.1) is 0 Å². The number of halogens is 2. The van der Waals surface area contributed by atoms with Gasteiger partial charge in [-0.25, -0.2) is 8.78 Å². The lowest BCUT2D eigenvalue weighted by atomic mass is 10.0. The molecule has 0 aromatic carbocycles. The molecule has 3 N–H and O–H groups in total. The van der Waals surface area contributed by atoms with Gasteiger partial charge in [0.25, 0.3) is 6.43 Å². The summed E-state index contributed by atoms with van der Waals surface area (Å²) < 4.78 is 28.7. The lowest BCUT2D eigenvalue weighted by Crippen LogP contribution is -2.21. The lowest BCUT2D eigenvalue weighted by Gasteiger charge is -2.15. The van der Waals surface area contributed by atoms with Gasteiger partial charge < -0.3 is 15.8 Å². The summed E-state index contributed by atoms with van der Waals surface area (Å²) in [5.74, 6) is 0.470. The van der Waals surface area contributed by atoms with Gasteiger partial charge in [-0.05, 0) is 18.4 Å². The molecule has 8 heteroatoms. The molecule has 1 rings (SSSR count). The van der Waals surface area contributed by atoms with Gasteiger partial charge in [0, 0.05) is 6.54 Å². The van der Waals surface area contributed by atoms with Crippen LogP contribution in [0.3, 0.4) is 0 Å². The van der Waals surface area contributed by atoms with E-state index in [4.69, 9.17) is 22.7 Å². The van der Waals surface area contributed by atoms with E-state index in [-0.39, 0.29) is 11.6 Å². The Morgan fingerprint density at radius 2 is 2.05 bits per heavy atom. The Bertz CT molecular complexity index is 485. The Labute approximate surface area is 128 Å². The highest BCUT2D eigenvalue weighted by molar-refractivity contribution is 7.80. The van der Waals surface area contributed by atoms with Gasteiger partial charge in [0.05, 0.1) is 17.9 Å². The normalized spacial score (nSPS) is 10.9. The standard InChI is InChI=1S/C13H20F2N4OS/c1-3-8-9(4-2)18-19-13(11(8)12(16)21)17-5-6-20-7-10(14)15/h10H,3-7H2,1-2H3,(H2,16,21)(H,17,19). The largest absolute Gasteiger partial charge is 0.389 e. The Hall–Kier alpha value is -1.41. The highest BCUT2D eigenvalue weighted by atomic mass is 32.1. The van der Waals surface area contributed by atoms with Gasteiger partial charge in [0.15, 0.2) is 5.82 Å². The number of ether oxygens (including phenoxy) is 1. The van der Waals surface area contributed by atoms with Crippen LogP contribution in [-0.2, 0) is 17.6 Å². The number of anilines is 1. The van der Waals surface area contributed by atoms with E-state index in [0.717, 1.165) is 24.1 Å². The van der Waals surface area contributed by atoms with Crippen molar-refractivity contribution in [2.24, 2.45) is 5.73 Å². The van der Waals surface area contributed by atoms with Crippen molar-refractivity contribution in [1.29, 1.82) is 0 Å². The molecule has 0 unspecified atom stereocenters. The molecule has 21 heavy (non-hydrogen) atoms. The molecular formula is C13H20F2N4OS. The van der Waals surface area contributed by atoms with Gasteiger partial charge >= 0.3 is 0 Å². The fraction of sp³-hybridized carbons (Fsp3) is 0.615. The van der Waals surface area contributed by atoms with E-state index in [1.165, 1.54) is 0 Å². The first-order valence-electron chi connectivity index (χ1n) is 6.79. The number of thiocarbonyl (C=S) groups is 1. The van der Waals surface area contributed by atoms with Gasteiger partial charge in [-0.15, -0.1) is 5.10 Å². The zero-order valence-electron chi connectivity index (χ0n) is 12.2. The molecule has 118 valence electrons. The second-order valence-electron chi connectivity index (χ2n) is 4.31. The molecule has 5 nitrogen and oxygen atoms in total. The van der Waals surface area contributed by atoms with Crippen molar-refractivity contribution < 1.29 is 13.5 Å². The Morgan fingerprint density at radius 1 is 1.33 bits per heavy atom. The minimum absolute atomic E-state index is 0.139. The second kappa shape index (κ2) is 8.78. The third-order valence-corrected chi connectivity index (χ3v) is 3.08. The second-order valence-corrected chi connectivity index (χ2v) is 4.75. The SMILES string of the molecule is CCc1nnc(NCCOCC(F)F)c(C(N)=S)c1CC. The minimum atomic E-state index is -2.47. The number of aryl methyl sites for hydroxylation is 1. The number of alkyl halides is 2. The lowest BCUT2D eigenvalue weighted by molar-refractivity contribution is 0.0214. The zero-order chi connectivity index (χ0) is 15.8. The van der Waals surface area contributed by atoms with Crippen LogP contribution in [0.4, 0.5) is 14.6 Å². The fourth-order valence-corrected chi connectivity index (χ4v) is 2.20. The van der Waals surface area contributed by atoms with Crippen LogP contribution in [0.5, 0.6) is 0 Å². The first-order valence-corrected chi connectivity index (χ1v) is 7.20. The molecule has 0 bridgehead atoms. The molecule has 0 atom stereocenters. The summed E-state index contributed by atoms with van der Waals surface area (Å²) in [5.41, 5.74) is 8.28. The van der Waals surface area contributed by atoms with Crippen LogP contribution in [0.25, 0.3) is 0 Å². The predicted octanol–water partition coefficient (Wildman–Crippen LogP) is 1.93.